The van der Waals surface area contributed by atoms with E-state index in [1.165, 1.54) is 17.0 Å². The maximum absolute atomic E-state index is 13.7. The summed E-state index contributed by atoms with van der Waals surface area (Å²) in [4.78, 5) is 28.1. The molecule has 2 aromatic carbocycles. The zero-order valence-corrected chi connectivity index (χ0v) is 22.2. The second-order valence-corrected chi connectivity index (χ2v) is 10.8. The van der Waals surface area contributed by atoms with E-state index in [0.29, 0.717) is 17.7 Å². The second-order valence-electron chi connectivity index (χ2n) is 8.88. The molecule has 0 aliphatic carbocycles. The number of benzene rings is 2. The summed E-state index contributed by atoms with van der Waals surface area (Å²) in [5, 5.41) is 2.92. The number of carbonyl (C=O) groups excluding carboxylic acids is 2. The zero-order chi connectivity index (χ0) is 26.3. The molecule has 0 unspecified atom stereocenters. The van der Waals surface area contributed by atoms with Crippen LogP contribution in [0, 0.1) is 19.7 Å². The molecule has 0 aliphatic rings. The number of amides is 2. The van der Waals surface area contributed by atoms with Crippen LogP contribution in [0.25, 0.3) is 0 Å². The molecule has 0 aromatic heterocycles. The quantitative estimate of drug-likeness (QED) is 0.501. The summed E-state index contributed by atoms with van der Waals surface area (Å²) >= 11 is 0. The molecule has 1 N–H and O–H groups in total. The molecule has 35 heavy (non-hydrogen) atoms. The second kappa shape index (κ2) is 12.2. The number of rotatable bonds is 11. The molecule has 192 valence electrons. The number of sulfonamides is 1. The topological polar surface area (TPSA) is 86.8 Å². The third-order valence-corrected chi connectivity index (χ3v) is 7.30. The van der Waals surface area contributed by atoms with Gasteiger partial charge in [-0.3, -0.25) is 13.9 Å². The SMILES string of the molecule is CC[C@@H](C)NC(=O)[C@H](CC)N(Cc1ccc(F)cc1)C(=O)CN(c1cccc(C)c1C)S(C)(=O)=O. The molecule has 0 saturated carbocycles. The zero-order valence-electron chi connectivity index (χ0n) is 21.3. The summed E-state index contributed by atoms with van der Waals surface area (Å²) in [6.45, 7) is 8.87. The van der Waals surface area contributed by atoms with Crippen molar-refractivity contribution in [3.63, 3.8) is 0 Å². The maximum Gasteiger partial charge on any atom is 0.244 e. The first-order chi connectivity index (χ1) is 16.4. The van der Waals surface area contributed by atoms with Crippen LogP contribution in [0.5, 0.6) is 0 Å². The van der Waals surface area contributed by atoms with Gasteiger partial charge in [0.15, 0.2) is 0 Å². The van der Waals surface area contributed by atoms with Gasteiger partial charge in [-0.05, 0) is 68.5 Å². The lowest BCUT2D eigenvalue weighted by molar-refractivity contribution is -0.140. The fraction of sp³-hybridized carbons (Fsp3) is 0.462. The largest absolute Gasteiger partial charge is 0.352 e. The van der Waals surface area contributed by atoms with Crippen LogP contribution in [0.1, 0.15) is 50.3 Å². The Balaban J connectivity index is 2.47. The van der Waals surface area contributed by atoms with Crippen LogP contribution in [0.2, 0.25) is 0 Å². The van der Waals surface area contributed by atoms with Crippen molar-refractivity contribution in [1.29, 1.82) is 0 Å². The van der Waals surface area contributed by atoms with E-state index in [-0.39, 0.29) is 18.5 Å². The fourth-order valence-electron chi connectivity index (χ4n) is 3.75. The summed E-state index contributed by atoms with van der Waals surface area (Å²) in [5.41, 5.74) is 2.69. The highest BCUT2D eigenvalue weighted by molar-refractivity contribution is 7.92. The van der Waals surface area contributed by atoms with Crippen LogP contribution in [0.4, 0.5) is 10.1 Å². The van der Waals surface area contributed by atoms with Crippen LogP contribution in [-0.4, -0.2) is 50.0 Å². The first-order valence-corrected chi connectivity index (χ1v) is 13.6. The Morgan fingerprint density at radius 2 is 1.66 bits per heavy atom. The number of nitrogens with one attached hydrogen (secondary N) is 1. The van der Waals surface area contributed by atoms with E-state index < -0.39 is 34.3 Å². The Kier molecular flexibility index (Phi) is 9.82. The minimum absolute atomic E-state index is 0.0376. The minimum atomic E-state index is -3.80. The molecule has 9 heteroatoms. The number of hydrogen-bond acceptors (Lipinski definition) is 4. The van der Waals surface area contributed by atoms with Crippen LogP contribution in [0.3, 0.4) is 0 Å². The van der Waals surface area contributed by atoms with Gasteiger partial charge in [0.2, 0.25) is 21.8 Å². The maximum atomic E-state index is 13.7. The third-order valence-electron chi connectivity index (χ3n) is 6.18. The molecular formula is C26H36FN3O4S. The Bertz CT molecular complexity index is 1140. The first-order valence-electron chi connectivity index (χ1n) is 11.8. The van der Waals surface area contributed by atoms with Crippen LogP contribution < -0.4 is 9.62 Å². The van der Waals surface area contributed by atoms with Crippen molar-refractivity contribution in [2.45, 2.75) is 66.1 Å². The van der Waals surface area contributed by atoms with E-state index in [4.69, 9.17) is 0 Å². The Morgan fingerprint density at radius 1 is 1.03 bits per heavy atom. The van der Waals surface area contributed by atoms with E-state index in [2.05, 4.69) is 5.32 Å². The van der Waals surface area contributed by atoms with Gasteiger partial charge in [0.1, 0.15) is 18.4 Å². The van der Waals surface area contributed by atoms with Gasteiger partial charge in [-0.15, -0.1) is 0 Å². The fourth-order valence-corrected chi connectivity index (χ4v) is 4.65. The van der Waals surface area contributed by atoms with Crippen molar-refractivity contribution in [2.75, 3.05) is 17.1 Å². The van der Waals surface area contributed by atoms with Gasteiger partial charge < -0.3 is 10.2 Å². The van der Waals surface area contributed by atoms with Gasteiger partial charge in [0, 0.05) is 12.6 Å². The van der Waals surface area contributed by atoms with Gasteiger partial charge in [-0.1, -0.05) is 38.1 Å². The van der Waals surface area contributed by atoms with E-state index in [1.54, 1.807) is 38.1 Å². The normalized spacial score (nSPS) is 13.1. The molecular weight excluding hydrogens is 469 g/mol. The molecule has 0 saturated heterocycles. The molecule has 0 spiro atoms. The van der Waals surface area contributed by atoms with Gasteiger partial charge in [0.25, 0.3) is 0 Å². The lowest BCUT2D eigenvalue weighted by atomic mass is 10.1. The lowest BCUT2D eigenvalue weighted by Crippen LogP contribution is -2.53. The van der Waals surface area contributed by atoms with Gasteiger partial charge in [0.05, 0.1) is 11.9 Å². The smallest absolute Gasteiger partial charge is 0.244 e. The molecule has 2 atom stereocenters. The van der Waals surface area contributed by atoms with E-state index in [0.717, 1.165) is 28.1 Å². The highest BCUT2D eigenvalue weighted by Gasteiger charge is 2.32. The molecule has 2 aromatic rings. The van der Waals surface area contributed by atoms with Crippen molar-refractivity contribution >= 4 is 27.5 Å². The van der Waals surface area contributed by atoms with Crippen molar-refractivity contribution in [1.82, 2.24) is 10.2 Å². The monoisotopic (exact) mass is 505 g/mol. The van der Waals surface area contributed by atoms with Gasteiger partial charge in [-0.2, -0.15) is 0 Å². The van der Waals surface area contributed by atoms with Crippen LogP contribution >= 0.6 is 0 Å². The molecule has 0 aliphatic heterocycles. The van der Waals surface area contributed by atoms with Crippen molar-refractivity contribution in [3.8, 4) is 0 Å². The Morgan fingerprint density at radius 3 is 2.20 bits per heavy atom. The molecule has 2 amide bonds. The standard InChI is InChI=1S/C26H36FN3O4S/c1-7-19(4)28-26(32)23(8-2)29(16-21-12-14-22(27)15-13-21)25(31)17-30(35(6,33)34)24-11-9-10-18(3)20(24)5/h9-15,19,23H,7-8,16-17H2,1-6H3,(H,28,32)/t19-,23+/m1/s1. The Labute approximate surface area is 208 Å². The molecule has 0 radical (unpaired) electrons. The van der Waals surface area contributed by atoms with Crippen LogP contribution in [-0.2, 0) is 26.2 Å². The van der Waals surface area contributed by atoms with Crippen LogP contribution in [0.15, 0.2) is 42.5 Å². The average Bonchev–Trinajstić information content (AvgIpc) is 2.79. The summed E-state index contributed by atoms with van der Waals surface area (Å²) in [6, 6.07) is 10.0. The van der Waals surface area contributed by atoms with E-state index in [1.807, 2.05) is 26.8 Å². The number of nitrogens with zero attached hydrogens (tertiary/aromatic N) is 2. The number of anilines is 1. The average molecular weight is 506 g/mol. The summed E-state index contributed by atoms with van der Waals surface area (Å²) in [7, 11) is -3.80. The highest BCUT2D eigenvalue weighted by atomic mass is 32.2. The molecule has 7 nitrogen and oxygen atoms in total. The van der Waals surface area contributed by atoms with Crippen molar-refractivity contribution < 1.29 is 22.4 Å². The van der Waals surface area contributed by atoms with E-state index in [9.17, 15) is 22.4 Å². The number of carbonyl (C=O) groups is 2. The van der Waals surface area contributed by atoms with Gasteiger partial charge in [-0.25, -0.2) is 12.8 Å². The number of hydrogen-bond donors (Lipinski definition) is 1. The minimum Gasteiger partial charge on any atom is -0.352 e. The number of aryl methyl sites for hydroxylation is 1. The lowest BCUT2D eigenvalue weighted by Gasteiger charge is -2.33. The van der Waals surface area contributed by atoms with Crippen molar-refractivity contribution in [2.24, 2.45) is 0 Å². The van der Waals surface area contributed by atoms with Gasteiger partial charge >= 0.3 is 0 Å². The number of halogens is 1. The predicted molar refractivity (Wildman–Crippen MR) is 137 cm³/mol. The molecule has 2 rings (SSSR count). The third kappa shape index (κ3) is 7.52. The van der Waals surface area contributed by atoms with Crippen molar-refractivity contribution in [3.05, 3.63) is 65.0 Å². The first kappa shape index (κ1) is 28.3. The Hall–Kier alpha value is -2.94. The summed E-state index contributed by atoms with van der Waals surface area (Å²) in [6.07, 6.45) is 2.11. The molecule has 0 fully saturated rings. The highest BCUT2D eigenvalue weighted by Crippen LogP contribution is 2.25. The summed E-state index contributed by atoms with van der Waals surface area (Å²) < 4.78 is 40.0. The molecule has 0 bridgehead atoms. The molecule has 0 heterocycles. The predicted octanol–water partition coefficient (Wildman–Crippen LogP) is 3.93. The van der Waals surface area contributed by atoms with E-state index >= 15 is 0 Å². The summed E-state index contributed by atoms with van der Waals surface area (Å²) in [5.74, 6) is -1.24.